The largest absolute Gasteiger partial charge is 0.480 e. The van der Waals surface area contributed by atoms with E-state index >= 15 is 0 Å². The molecule has 7 nitrogen and oxygen atoms in total. The van der Waals surface area contributed by atoms with Gasteiger partial charge >= 0.3 is 13.9 Å². The van der Waals surface area contributed by atoms with Gasteiger partial charge in [-0.15, -0.1) is 0 Å². The summed E-state index contributed by atoms with van der Waals surface area (Å²) in [5, 5.41) is 25.1. The predicted octanol–water partition coefficient (Wildman–Crippen LogP) is 3.11. The summed E-state index contributed by atoms with van der Waals surface area (Å²) < 4.78 is 12.7. The number of carbonyl (C=O) groups excluding carboxylic acids is 1. The first-order chi connectivity index (χ1) is 14.8. The number of hydrogen-bond donors (Lipinski definition) is 4. The number of aliphatic hydroxyl groups is 1. The summed E-state index contributed by atoms with van der Waals surface area (Å²) in [6.07, 6.45) is 0.662. The van der Waals surface area contributed by atoms with E-state index in [-0.39, 0.29) is 25.2 Å². The third-order valence-electron chi connectivity index (χ3n) is 4.74. The van der Waals surface area contributed by atoms with Gasteiger partial charge in [-0.05, 0) is 28.0 Å². The highest BCUT2D eigenvalue weighted by Crippen LogP contribution is 2.26. The Morgan fingerprint density at radius 1 is 0.903 bits per heavy atom. The van der Waals surface area contributed by atoms with Crippen molar-refractivity contribution in [3.8, 4) is 0 Å². The van der Waals surface area contributed by atoms with E-state index in [4.69, 9.17) is 0 Å². The Morgan fingerprint density at radius 2 is 1.42 bits per heavy atom. The van der Waals surface area contributed by atoms with Gasteiger partial charge in [-0.3, -0.25) is 4.79 Å². The molecule has 0 spiro atoms. The molecule has 2 aromatic rings. The monoisotopic (exact) mass is 445 g/mol. The molecule has 2 unspecified atom stereocenters. The summed E-state index contributed by atoms with van der Waals surface area (Å²) >= 11 is 0. The first-order valence-corrected chi connectivity index (χ1v) is 11.6. The lowest BCUT2D eigenvalue weighted by atomic mass is 10.0. The van der Waals surface area contributed by atoms with Crippen molar-refractivity contribution in [1.29, 1.82) is 0 Å². The lowest BCUT2D eigenvalue weighted by molar-refractivity contribution is -0.142. The van der Waals surface area contributed by atoms with Gasteiger partial charge in [0.25, 0.3) is 5.85 Å². The lowest BCUT2D eigenvalue weighted by Crippen LogP contribution is -2.50. The highest BCUT2D eigenvalue weighted by Gasteiger charge is 2.36. The van der Waals surface area contributed by atoms with Gasteiger partial charge in [-0.25, -0.2) is 4.79 Å². The summed E-state index contributed by atoms with van der Waals surface area (Å²) in [5.41, 5.74) is 1.65. The van der Waals surface area contributed by atoms with Gasteiger partial charge in [0.05, 0.1) is 0 Å². The van der Waals surface area contributed by atoms with Crippen LogP contribution in [0.25, 0.3) is 0 Å². The fourth-order valence-electron chi connectivity index (χ4n) is 3.16. The van der Waals surface area contributed by atoms with E-state index in [0.29, 0.717) is 0 Å². The lowest BCUT2D eigenvalue weighted by Gasteiger charge is -2.20. The molecule has 1 amide bonds. The van der Waals surface area contributed by atoms with E-state index < -0.39 is 37.8 Å². The molecule has 0 saturated heterocycles. The van der Waals surface area contributed by atoms with Crippen molar-refractivity contribution < 1.29 is 24.4 Å². The minimum absolute atomic E-state index is 0.0752. The fourth-order valence-corrected chi connectivity index (χ4v) is 4.22. The van der Waals surface area contributed by atoms with Crippen molar-refractivity contribution in [2.45, 2.75) is 51.0 Å². The molecule has 8 heteroatoms. The Morgan fingerprint density at radius 3 is 1.90 bits per heavy atom. The van der Waals surface area contributed by atoms with Crippen LogP contribution in [0.1, 0.15) is 31.4 Å². The van der Waals surface area contributed by atoms with Crippen molar-refractivity contribution in [3.63, 3.8) is 0 Å². The van der Waals surface area contributed by atoms with Gasteiger partial charge in [0.1, 0.15) is 12.1 Å². The molecule has 0 bridgehead atoms. The van der Waals surface area contributed by atoms with Crippen LogP contribution in [0.15, 0.2) is 60.7 Å². The van der Waals surface area contributed by atoms with Gasteiger partial charge in [0.2, 0.25) is 5.91 Å². The van der Waals surface area contributed by atoms with Crippen LogP contribution in [0.3, 0.4) is 0 Å². The standard InChI is InChI=1S/C23H29N2O5P/c1-16(2)13-20(23(28)29)24-22(27)19(14-17-9-5-3-6-10-17)25-31(30)21(26)15-18-11-7-4-8-12-18/h3-12,16,19-21,26H,13-15H2,1-2H3,(H2-,24,25,27,28,29,30)/p+1/t19-,20-,21?/m0/s1. The van der Waals surface area contributed by atoms with E-state index in [9.17, 15) is 24.4 Å². The fraction of sp³-hybridized carbons (Fsp3) is 0.391. The summed E-state index contributed by atoms with van der Waals surface area (Å²) in [6.45, 7) is 3.75. The molecule has 4 atom stereocenters. The Bertz CT molecular complexity index is 861. The van der Waals surface area contributed by atoms with E-state index in [1.807, 2.05) is 74.5 Å². The zero-order valence-corrected chi connectivity index (χ0v) is 18.7. The molecule has 0 heterocycles. The van der Waals surface area contributed by atoms with Crippen molar-refractivity contribution >= 4 is 19.8 Å². The maximum atomic E-state index is 12.9. The van der Waals surface area contributed by atoms with Crippen molar-refractivity contribution in [3.05, 3.63) is 71.8 Å². The Labute approximate surface area is 183 Å². The maximum Gasteiger partial charge on any atom is 0.465 e. The number of amides is 1. The van der Waals surface area contributed by atoms with E-state index in [1.165, 1.54) is 0 Å². The van der Waals surface area contributed by atoms with Crippen molar-refractivity contribution in [2.24, 2.45) is 5.92 Å². The Hall–Kier alpha value is -2.60. The number of aliphatic carboxylic acids is 1. The quantitative estimate of drug-likeness (QED) is 0.373. The first kappa shape index (κ1) is 24.7. The van der Waals surface area contributed by atoms with Crippen molar-refractivity contribution in [2.75, 3.05) is 0 Å². The molecule has 0 aliphatic carbocycles. The van der Waals surface area contributed by atoms with Crippen LogP contribution in [0, 0.1) is 5.92 Å². The molecule has 2 aromatic carbocycles. The van der Waals surface area contributed by atoms with Crippen LogP contribution < -0.4 is 10.4 Å². The second-order valence-electron chi connectivity index (χ2n) is 7.90. The number of carbonyl (C=O) groups is 2. The minimum atomic E-state index is -2.34. The van der Waals surface area contributed by atoms with Gasteiger partial charge in [-0.2, -0.15) is 0 Å². The van der Waals surface area contributed by atoms with Crippen LogP contribution in [-0.2, 0) is 27.0 Å². The number of nitrogens with one attached hydrogen (secondary N) is 2. The highest BCUT2D eigenvalue weighted by molar-refractivity contribution is 7.43. The molecule has 166 valence electrons. The van der Waals surface area contributed by atoms with Crippen LogP contribution in [-0.4, -0.2) is 40.0 Å². The second-order valence-corrected chi connectivity index (χ2v) is 9.40. The molecule has 0 aliphatic rings. The van der Waals surface area contributed by atoms with Gasteiger partial charge in [0.15, 0.2) is 0 Å². The predicted molar refractivity (Wildman–Crippen MR) is 120 cm³/mol. The summed E-state index contributed by atoms with van der Waals surface area (Å²) in [4.78, 5) is 24.5. The number of carboxylic acid groups (broad SMARTS) is 1. The maximum absolute atomic E-state index is 12.9. The minimum Gasteiger partial charge on any atom is -0.480 e. The number of carboxylic acids is 1. The van der Waals surface area contributed by atoms with E-state index in [0.717, 1.165) is 11.1 Å². The molecule has 31 heavy (non-hydrogen) atoms. The first-order valence-electron chi connectivity index (χ1n) is 10.3. The molecule has 2 rings (SSSR count). The molecule has 0 radical (unpaired) electrons. The van der Waals surface area contributed by atoms with Crippen LogP contribution in [0.5, 0.6) is 0 Å². The van der Waals surface area contributed by atoms with E-state index in [2.05, 4.69) is 10.4 Å². The molecular weight excluding hydrogens is 415 g/mol. The molecular formula is C23H30N2O5P+. The number of aliphatic hydroxyl groups excluding tert-OH is 1. The van der Waals surface area contributed by atoms with Crippen LogP contribution in [0.2, 0.25) is 0 Å². The SMILES string of the molecule is CC(C)C[C@H](NC(=O)[C@H](Cc1ccccc1)N[P+](=O)C(O)Cc1ccccc1)C(=O)O. The molecule has 4 N–H and O–H groups in total. The third kappa shape index (κ3) is 8.58. The van der Waals surface area contributed by atoms with Gasteiger partial charge < -0.3 is 15.5 Å². The highest BCUT2D eigenvalue weighted by atomic mass is 31.1. The summed E-state index contributed by atoms with van der Waals surface area (Å²) in [5.74, 6) is -2.79. The summed E-state index contributed by atoms with van der Waals surface area (Å²) in [7, 11) is -2.34. The number of rotatable bonds is 12. The average Bonchev–Trinajstić information content (AvgIpc) is 2.73. The van der Waals surface area contributed by atoms with Crippen molar-refractivity contribution in [1.82, 2.24) is 10.4 Å². The topological polar surface area (TPSA) is 116 Å². The summed E-state index contributed by atoms with van der Waals surface area (Å²) in [6, 6.07) is 16.3. The third-order valence-corrected chi connectivity index (χ3v) is 6.03. The second kappa shape index (κ2) is 12.3. The normalized spacial score (nSPS) is 14.5. The smallest absolute Gasteiger partial charge is 0.465 e. The van der Waals surface area contributed by atoms with E-state index in [1.54, 1.807) is 0 Å². The van der Waals surface area contributed by atoms with Crippen LogP contribution >= 0.6 is 7.95 Å². The number of benzene rings is 2. The zero-order chi connectivity index (χ0) is 22.8. The molecule has 0 aromatic heterocycles. The van der Waals surface area contributed by atoms with Gasteiger partial charge in [0, 0.05) is 12.8 Å². The van der Waals surface area contributed by atoms with Gasteiger partial charge in [-0.1, -0.05) is 79.6 Å². The molecule has 0 saturated carbocycles. The molecule has 0 aliphatic heterocycles. The molecule has 0 fully saturated rings. The Balaban J connectivity index is 2.12. The number of hydrogen-bond acceptors (Lipinski definition) is 4. The Kier molecular flexibility index (Phi) is 9.79. The van der Waals surface area contributed by atoms with Crippen LogP contribution in [0.4, 0.5) is 0 Å². The average molecular weight is 445 g/mol. The zero-order valence-electron chi connectivity index (χ0n) is 17.8.